The molecule has 3 rings (SSSR count). The number of aromatic carboxylic acids is 1. The van der Waals surface area contributed by atoms with Gasteiger partial charge in [-0.3, -0.25) is 4.72 Å². The summed E-state index contributed by atoms with van der Waals surface area (Å²) in [6.45, 7) is 0. The van der Waals surface area contributed by atoms with Crippen molar-refractivity contribution < 1.29 is 27.1 Å². The summed E-state index contributed by atoms with van der Waals surface area (Å²) in [7, 11) is -4.43. The van der Waals surface area contributed by atoms with Gasteiger partial charge in [-0.05, 0) is 30.3 Å². The number of benzene rings is 2. The third-order valence-corrected chi connectivity index (χ3v) is 4.79. The van der Waals surface area contributed by atoms with Gasteiger partial charge in [-0.1, -0.05) is 18.2 Å². The lowest BCUT2D eigenvalue weighted by molar-refractivity contribution is 0.0690. The van der Waals surface area contributed by atoms with Crippen LogP contribution in [0.25, 0.3) is 5.69 Å². The van der Waals surface area contributed by atoms with E-state index in [9.17, 15) is 22.0 Å². The molecule has 26 heavy (non-hydrogen) atoms. The molecular formula is C16H11F2N3O4S. The highest BCUT2D eigenvalue weighted by Crippen LogP contribution is 2.25. The second-order valence-corrected chi connectivity index (χ2v) is 6.78. The summed E-state index contributed by atoms with van der Waals surface area (Å²) >= 11 is 0. The van der Waals surface area contributed by atoms with Crippen LogP contribution in [0.1, 0.15) is 10.5 Å². The number of sulfonamides is 1. The van der Waals surface area contributed by atoms with E-state index in [0.29, 0.717) is 0 Å². The minimum atomic E-state index is -4.43. The van der Waals surface area contributed by atoms with Crippen molar-refractivity contribution in [2.75, 3.05) is 4.72 Å². The van der Waals surface area contributed by atoms with Gasteiger partial charge in [0.15, 0.2) is 17.3 Å². The molecule has 2 aromatic carbocycles. The van der Waals surface area contributed by atoms with Crippen LogP contribution in [-0.2, 0) is 10.0 Å². The molecule has 0 aliphatic heterocycles. The van der Waals surface area contributed by atoms with E-state index in [1.54, 1.807) is 6.07 Å². The quantitative estimate of drug-likeness (QED) is 0.710. The van der Waals surface area contributed by atoms with Gasteiger partial charge in [0, 0.05) is 6.20 Å². The predicted molar refractivity (Wildman–Crippen MR) is 87.7 cm³/mol. The van der Waals surface area contributed by atoms with E-state index in [1.807, 2.05) is 0 Å². The molecule has 0 fully saturated rings. The summed E-state index contributed by atoms with van der Waals surface area (Å²) < 4.78 is 55.4. The Balaban J connectivity index is 2.03. The minimum Gasteiger partial charge on any atom is -0.476 e. The molecule has 1 aromatic heterocycles. The maximum absolute atomic E-state index is 13.8. The maximum Gasteiger partial charge on any atom is 0.356 e. The molecule has 0 unspecified atom stereocenters. The van der Waals surface area contributed by atoms with Crippen LogP contribution in [-0.4, -0.2) is 29.3 Å². The highest BCUT2D eigenvalue weighted by atomic mass is 32.2. The Bertz CT molecular complexity index is 1100. The average Bonchev–Trinajstić information content (AvgIpc) is 3.07. The first-order valence-electron chi connectivity index (χ1n) is 7.15. The number of para-hydroxylation sites is 2. The lowest BCUT2D eigenvalue weighted by Crippen LogP contribution is -2.17. The van der Waals surface area contributed by atoms with Crippen LogP contribution in [0.15, 0.2) is 59.6 Å². The Morgan fingerprint density at radius 3 is 2.50 bits per heavy atom. The molecule has 10 heteroatoms. The smallest absolute Gasteiger partial charge is 0.356 e. The van der Waals surface area contributed by atoms with Crippen molar-refractivity contribution in [3.05, 3.63) is 72.1 Å². The van der Waals surface area contributed by atoms with Crippen molar-refractivity contribution in [1.82, 2.24) is 9.78 Å². The first-order valence-corrected chi connectivity index (χ1v) is 8.63. The SMILES string of the molecule is O=C(O)c1ccn(-c2ccccc2NS(=O)(=O)c2cccc(F)c2F)n1. The molecule has 0 saturated carbocycles. The van der Waals surface area contributed by atoms with Gasteiger partial charge in [0.1, 0.15) is 4.90 Å². The first-order chi connectivity index (χ1) is 12.3. The Morgan fingerprint density at radius 1 is 1.08 bits per heavy atom. The lowest BCUT2D eigenvalue weighted by Gasteiger charge is -2.13. The molecule has 134 valence electrons. The molecular weight excluding hydrogens is 368 g/mol. The molecule has 0 bridgehead atoms. The number of carboxylic acids is 1. The molecule has 0 aliphatic rings. The minimum absolute atomic E-state index is 0.0104. The topological polar surface area (TPSA) is 101 Å². The number of halogens is 2. The zero-order valence-corrected chi connectivity index (χ0v) is 13.7. The van der Waals surface area contributed by atoms with Crippen LogP contribution < -0.4 is 4.72 Å². The zero-order valence-electron chi connectivity index (χ0n) is 12.9. The second kappa shape index (κ2) is 6.56. The van der Waals surface area contributed by atoms with Gasteiger partial charge in [0.2, 0.25) is 0 Å². The number of rotatable bonds is 5. The molecule has 0 amide bonds. The van der Waals surface area contributed by atoms with E-state index >= 15 is 0 Å². The number of hydrogen-bond donors (Lipinski definition) is 2. The summed E-state index contributed by atoms with van der Waals surface area (Å²) in [5.74, 6) is -4.03. The summed E-state index contributed by atoms with van der Waals surface area (Å²) in [4.78, 5) is 10.1. The standard InChI is InChI=1S/C16H11F2N3O4S/c17-10-4-3-7-14(15(10)18)26(24,25)20-11-5-1-2-6-13(11)21-9-8-12(19-21)16(22)23/h1-9,20H,(H,22,23). The Kier molecular flexibility index (Phi) is 4.43. The van der Waals surface area contributed by atoms with Crippen LogP contribution in [0.4, 0.5) is 14.5 Å². The molecule has 1 heterocycles. The van der Waals surface area contributed by atoms with Gasteiger partial charge < -0.3 is 5.11 Å². The molecule has 0 aliphatic carbocycles. The summed E-state index contributed by atoms with van der Waals surface area (Å²) in [5.41, 5.74) is -0.0181. The number of nitrogens with zero attached hydrogens (tertiary/aromatic N) is 2. The van der Waals surface area contributed by atoms with Gasteiger partial charge >= 0.3 is 5.97 Å². The molecule has 0 spiro atoms. The van der Waals surface area contributed by atoms with Crippen LogP contribution in [0.3, 0.4) is 0 Å². The van der Waals surface area contributed by atoms with Gasteiger partial charge in [-0.15, -0.1) is 0 Å². The number of hydrogen-bond acceptors (Lipinski definition) is 4. The van der Waals surface area contributed by atoms with Gasteiger partial charge in [-0.25, -0.2) is 26.7 Å². The van der Waals surface area contributed by atoms with Crippen LogP contribution in [0.5, 0.6) is 0 Å². The van der Waals surface area contributed by atoms with E-state index < -0.39 is 32.5 Å². The highest BCUT2D eigenvalue weighted by Gasteiger charge is 2.23. The lowest BCUT2D eigenvalue weighted by atomic mass is 10.3. The molecule has 3 aromatic rings. The normalized spacial score (nSPS) is 11.3. The van der Waals surface area contributed by atoms with Crippen LogP contribution in [0.2, 0.25) is 0 Å². The third-order valence-electron chi connectivity index (χ3n) is 3.41. The summed E-state index contributed by atoms with van der Waals surface area (Å²) in [5, 5.41) is 12.8. The van der Waals surface area contributed by atoms with E-state index in [0.717, 1.165) is 22.9 Å². The van der Waals surface area contributed by atoms with Gasteiger partial charge in [-0.2, -0.15) is 5.10 Å². The van der Waals surface area contributed by atoms with Gasteiger partial charge in [0.25, 0.3) is 10.0 Å². The van der Waals surface area contributed by atoms with Crippen molar-refractivity contribution in [2.45, 2.75) is 4.90 Å². The fourth-order valence-electron chi connectivity index (χ4n) is 2.22. The largest absolute Gasteiger partial charge is 0.476 e. The number of carboxylic acid groups (broad SMARTS) is 1. The molecule has 0 saturated heterocycles. The van der Waals surface area contributed by atoms with Crippen molar-refractivity contribution in [1.29, 1.82) is 0 Å². The summed E-state index contributed by atoms with van der Waals surface area (Å²) in [6.07, 6.45) is 1.33. The fraction of sp³-hybridized carbons (Fsp3) is 0. The monoisotopic (exact) mass is 379 g/mol. The van der Waals surface area contributed by atoms with Crippen LogP contribution in [0, 0.1) is 11.6 Å². The first kappa shape index (κ1) is 17.5. The Morgan fingerprint density at radius 2 is 1.81 bits per heavy atom. The Labute approximate surface area is 146 Å². The number of aromatic nitrogens is 2. The second-order valence-electron chi connectivity index (χ2n) is 5.13. The van der Waals surface area contributed by atoms with Crippen molar-refractivity contribution in [3.63, 3.8) is 0 Å². The van der Waals surface area contributed by atoms with Crippen molar-refractivity contribution in [3.8, 4) is 5.69 Å². The Hall–Kier alpha value is -3.27. The number of nitrogens with one attached hydrogen (secondary N) is 1. The predicted octanol–water partition coefficient (Wildman–Crippen LogP) is 2.65. The molecule has 0 atom stereocenters. The highest BCUT2D eigenvalue weighted by molar-refractivity contribution is 7.92. The van der Waals surface area contributed by atoms with E-state index in [2.05, 4.69) is 9.82 Å². The van der Waals surface area contributed by atoms with Crippen molar-refractivity contribution >= 4 is 21.7 Å². The maximum atomic E-state index is 13.8. The zero-order chi connectivity index (χ0) is 18.9. The van der Waals surface area contributed by atoms with E-state index in [1.165, 1.54) is 30.5 Å². The molecule has 7 nitrogen and oxygen atoms in total. The molecule has 0 radical (unpaired) electrons. The van der Waals surface area contributed by atoms with Crippen LogP contribution >= 0.6 is 0 Å². The van der Waals surface area contributed by atoms with E-state index in [4.69, 9.17) is 5.11 Å². The van der Waals surface area contributed by atoms with Crippen molar-refractivity contribution in [2.24, 2.45) is 0 Å². The van der Waals surface area contributed by atoms with E-state index in [-0.39, 0.29) is 17.1 Å². The number of carbonyl (C=O) groups is 1. The van der Waals surface area contributed by atoms with Gasteiger partial charge in [0.05, 0.1) is 11.4 Å². The average molecular weight is 379 g/mol. The number of anilines is 1. The fourth-order valence-corrected chi connectivity index (χ4v) is 3.39. The summed E-state index contributed by atoms with van der Waals surface area (Å²) in [6, 6.07) is 10.0. The molecule has 2 N–H and O–H groups in total. The third kappa shape index (κ3) is 3.26.